The molecule has 2 amide bonds. The van der Waals surface area contributed by atoms with Gasteiger partial charge < -0.3 is 19.5 Å². The minimum absolute atomic E-state index is 0.174. The molecule has 0 saturated heterocycles. The van der Waals surface area contributed by atoms with E-state index in [-0.39, 0.29) is 17.8 Å². The average Bonchev–Trinajstić information content (AvgIpc) is 2.86. The lowest BCUT2D eigenvalue weighted by molar-refractivity contribution is 0.203. The van der Waals surface area contributed by atoms with Gasteiger partial charge in [0, 0.05) is 12.6 Å². The molecule has 0 bridgehead atoms. The average molecular weight is 335 g/mol. The summed E-state index contributed by atoms with van der Waals surface area (Å²) in [5.74, 6) is 0.408. The quantitative estimate of drug-likeness (QED) is 0.910. The van der Waals surface area contributed by atoms with Gasteiger partial charge in [-0.05, 0) is 38.5 Å². The van der Waals surface area contributed by atoms with Crippen molar-refractivity contribution in [2.45, 2.75) is 33.4 Å². The normalized spacial score (nSPS) is 11.9. The number of hydrogen-bond donors (Lipinski definition) is 1. The number of nitrogens with zero attached hydrogens (tertiary/aromatic N) is 2. The molecule has 1 atom stereocenters. The van der Waals surface area contributed by atoms with Crippen LogP contribution >= 0.6 is 0 Å². The molecule has 1 N–H and O–H groups in total. The first-order valence-corrected chi connectivity index (χ1v) is 7.60. The van der Waals surface area contributed by atoms with Crippen molar-refractivity contribution >= 4 is 6.03 Å². The van der Waals surface area contributed by atoms with Crippen LogP contribution in [0.25, 0.3) is 0 Å². The highest BCUT2D eigenvalue weighted by atomic mass is 19.1. The number of nitrogens with one attached hydrogen (secondary N) is 1. The maximum atomic E-state index is 13.8. The van der Waals surface area contributed by atoms with Gasteiger partial charge in [0.2, 0.25) is 0 Å². The molecule has 0 aliphatic carbocycles. The van der Waals surface area contributed by atoms with Crippen molar-refractivity contribution in [2.75, 3.05) is 14.2 Å². The predicted octanol–water partition coefficient (Wildman–Crippen LogP) is 3.34. The van der Waals surface area contributed by atoms with Gasteiger partial charge in [-0.15, -0.1) is 0 Å². The van der Waals surface area contributed by atoms with Crippen molar-refractivity contribution in [3.63, 3.8) is 0 Å². The Morgan fingerprint density at radius 1 is 1.46 bits per heavy atom. The van der Waals surface area contributed by atoms with Crippen LogP contribution in [0.2, 0.25) is 0 Å². The van der Waals surface area contributed by atoms with E-state index in [1.807, 2.05) is 13.8 Å². The molecule has 130 valence electrons. The second-order valence-electron chi connectivity index (χ2n) is 5.72. The highest BCUT2D eigenvalue weighted by Gasteiger charge is 2.18. The summed E-state index contributed by atoms with van der Waals surface area (Å²) in [6, 6.07) is 4.02. The van der Waals surface area contributed by atoms with Crippen LogP contribution in [0.4, 0.5) is 9.18 Å². The van der Waals surface area contributed by atoms with Crippen LogP contribution in [0.3, 0.4) is 0 Å². The van der Waals surface area contributed by atoms with E-state index in [0.717, 1.165) is 11.3 Å². The molecule has 24 heavy (non-hydrogen) atoms. The summed E-state index contributed by atoms with van der Waals surface area (Å²) in [6.07, 6.45) is 0. The molecule has 1 aromatic carbocycles. The van der Waals surface area contributed by atoms with Gasteiger partial charge in [0.25, 0.3) is 0 Å². The van der Waals surface area contributed by atoms with Crippen LogP contribution in [0.1, 0.15) is 35.5 Å². The zero-order chi connectivity index (χ0) is 17.9. The van der Waals surface area contributed by atoms with Gasteiger partial charge >= 0.3 is 6.03 Å². The number of rotatable bonds is 5. The number of hydrogen-bond acceptors (Lipinski definition) is 4. The number of benzene rings is 1. The van der Waals surface area contributed by atoms with E-state index in [2.05, 4.69) is 10.5 Å². The third-order valence-electron chi connectivity index (χ3n) is 3.94. The maximum Gasteiger partial charge on any atom is 0.317 e. The number of aryl methyl sites for hydroxylation is 2. The number of urea groups is 1. The molecular formula is C17H22FN3O3. The van der Waals surface area contributed by atoms with Crippen LogP contribution in [-0.4, -0.2) is 30.2 Å². The topological polar surface area (TPSA) is 67.6 Å². The van der Waals surface area contributed by atoms with E-state index in [4.69, 9.17) is 9.26 Å². The Bertz CT molecular complexity index is 710. The zero-order valence-corrected chi connectivity index (χ0v) is 14.5. The molecular weight excluding hydrogens is 313 g/mol. The zero-order valence-electron chi connectivity index (χ0n) is 14.5. The van der Waals surface area contributed by atoms with Crippen molar-refractivity contribution in [1.82, 2.24) is 15.4 Å². The van der Waals surface area contributed by atoms with Crippen molar-refractivity contribution in [3.8, 4) is 5.75 Å². The number of halogens is 1. The second kappa shape index (κ2) is 7.33. The fraction of sp³-hybridized carbons (Fsp3) is 0.412. The van der Waals surface area contributed by atoms with E-state index < -0.39 is 5.82 Å². The molecule has 0 unspecified atom stereocenters. The first-order chi connectivity index (χ1) is 11.3. The van der Waals surface area contributed by atoms with Gasteiger partial charge in [-0.25, -0.2) is 9.18 Å². The summed E-state index contributed by atoms with van der Waals surface area (Å²) in [4.78, 5) is 13.9. The predicted molar refractivity (Wildman–Crippen MR) is 87.3 cm³/mol. The number of aromatic nitrogens is 1. The third-order valence-corrected chi connectivity index (χ3v) is 3.94. The Kier molecular flexibility index (Phi) is 5.43. The molecule has 0 radical (unpaired) electrons. The number of carbonyl (C=O) groups is 1. The van der Waals surface area contributed by atoms with Gasteiger partial charge in [-0.2, -0.15) is 0 Å². The van der Waals surface area contributed by atoms with Gasteiger partial charge in [0.1, 0.15) is 5.76 Å². The van der Waals surface area contributed by atoms with Gasteiger partial charge in [0.05, 0.1) is 25.4 Å². The summed E-state index contributed by atoms with van der Waals surface area (Å²) in [5.41, 5.74) is 2.31. The van der Waals surface area contributed by atoms with E-state index >= 15 is 0 Å². The minimum Gasteiger partial charge on any atom is -0.494 e. The number of amides is 2. The lowest BCUT2D eigenvalue weighted by atomic mass is 10.1. The monoisotopic (exact) mass is 335 g/mol. The van der Waals surface area contributed by atoms with Crippen molar-refractivity contribution in [2.24, 2.45) is 0 Å². The van der Waals surface area contributed by atoms with Crippen molar-refractivity contribution < 1.29 is 18.4 Å². The van der Waals surface area contributed by atoms with Crippen molar-refractivity contribution in [3.05, 3.63) is 46.6 Å². The molecule has 1 heterocycles. The minimum atomic E-state index is -0.458. The van der Waals surface area contributed by atoms with E-state index in [0.29, 0.717) is 17.9 Å². The highest BCUT2D eigenvalue weighted by molar-refractivity contribution is 5.74. The fourth-order valence-corrected chi connectivity index (χ4v) is 2.37. The first-order valence-electron chi connectivity index (χ1n) is 7.60. The van der Waals surface area contributed by atoms with E-state index in [9.17, 15) is 9.18 Å². The maximum absolute atomic E-state index is 13.8. The summed E-state index contributed by atoms with van der Waals surface area (Å²) in [5, 5.41) is 6.72. The molecule has 0 fully saturated rings. The summed E-state index contributed by atoms with van der Waals surface area (Å²) >= 11 is 0. The fourth-order valence-electron chi connectivity index (χ4n) is 2.37. The molecule has 6 nitrogen and oxygen atoms in total. The summed E-state index contributed by atoms with van der Waals surface area (Å²) in [6.45, 7) is 5.82. The van der Waals surface area contributed by atoms with Gasteiger partial charge in [0.15, 0.2) is 11.6 Å². The first kappa shape index (κ1) is 17.8. The van der Waals surface area contributed by atoms with Crippen LogP contribution < -0.4 is 10.1 Å². The smallest absolute Gasteiger partial charge is 0.317 e. The Morgan fingerprint density at radius 2 is 2.17 bits per heavy atom. The summed E-state index contributed by atoms with van der Waals surface area (Å²) < 4.78 is 23.8. The van der Waals surface area contributed by atoms with E-state index in [1.54, 1.807) is 26.1 Å². The molecule has 0 aliphatic heterocycles. The second-order valence-corrected chi connectivity index (χ2v) is 5.72. The lowest BCUT2D eigenvalue weighted by Crippen LogP contribution is -2.38. The van der Waals surface area contributed by atoms with Gasteiger partial charge in [-0.3, -0.25) is 0 Å². The van der Waals surface area contributed by atoms with Gasteiger partial charge in [-0.1, -0.05) is 11.2 Å². The number of ether oxygens (including phenoxy) is 1. The molecule has 2 rings (SSSR count). The molecule has 0 spiro atoms. The van der Waals surface area contributed by atoms with Crippen LogP contribution in [0.5, 0.6) is 5.75 Å². The standard InChI is InChI=1S/C17H22FN3O3/c1-10(13-6-7-16(23-5)15(18)8-13)19-17(22)21(4)9-14-11(2)20-24-12(14)3/h6-8,10H,9H2,1-5H3,(H,19,22)/t10-/m0/s1. The number of carbonyl (C=O) groups excluding carboxylic acids is 1. The summed E-state index contributed by atoms with van der Waals surface area (Å²) in [7, 11) is 3.09. The van der Waals surface area contributed by atoms with Crippen LogP contribution in [0.15, 0.2) is 22.7 Å². The third kappa shape index (κ3) is 3.84. The SMILES string of the molecule is COc1ccc([C@H](C)NC(=O)N(C)Cc2c(C)noc2C)cc1F. The molecule has 0 aliphatic rings. The highest BCUT2D eigenvalue weighted by Crippen LogP contribution is 2.22. The van der Waals surface area contributed by atoms with Crippen molar-refractivity contribution in [1.29, 1.82) is 0 Å². The number of methoxy groups -OCH3 is 1. The molecule has 1 aromatic heterocycles. The molecule has 7 heteroatoms. The largest absolute Gasteiger partial charge is 0.494 e. The van der Waals surface area contributed by atoms with Crippen LogP contribution in [-0.2, 0) is 6.54 Å². The Morgan fingerprint density at radius 3 is 2.71 bits per heavy atom. The Labute approximate surface area is 140 Å². The Balaban J connectivity index is 2.01. The molecule has 0 saturated carbocycles. The van der Waals surface area contributed by atoms with Crippen LogP contribution in [0, 0.1) is 19.7 Å². The lowest BCUT2D eigenvalue weighted by Gasteiger charge is -2.21. The molecule has 2 aromatic rings. The Hall–Kier alpha value is -2.57. The van der Waals surface area contributed by atoms with E-state index in [1.165, 1.54) is 18.1 Å².